The normalized spacial score (nSPS) is 16.8. The molecule has 2 aliphatic rings. The van der Waals surface area contributed by atoms with Gasteiger partial charge in [0.15, 0.2) is 0 Å². The smallest absolute Gasteiger partial charge is 0.274 e. The summed E-state index contributed by atoms with van der Waals surface area (Å²) in [6.07, 6.45) is 7.86. The minimum atomic E-state index is -0.541. The van der Waals surface area contributed by atoms with Crippen LogP contribution in [0.3, 0.4) is 0 Å². The molecule has 4 heterocycles. The zero-order chi connectivity index (χ0) is 25.8. The van der Waals surface area contributed by atoms with Gasteiger partial charge in [-0.3, -0.25) is 30.0 Å². The Morgan fingerprint density at radius 3 is 2.49 bits per heavy atom. The number of nitrogens with zero attached hydrogens (tertiary/aromatic N) is 4. The molecule has 0 bridgehead atoms. The third kappa shape index (κ3) is 6.19. The zero-order valence-electron chi connectivity index (χ0n) is 20.9. The highest BCUT2D eigenvalue weighted by molar-refractivity contribution is 6.48. The van der Waals surface area contributed by atoms with E-state index in [1.54, 1.807) is 24.5 Å². The van der Waals surface area contributed by atoms with Crippen molar-refractivity contribution in [2.24, 2.45) is 0 Å². The molecule has 2 aliphatic heterocycles. The number of nitrogens with one attached hydrogen (secondary N) is 2. The van der Waals surface area contributed by atoms with Crippen molar-refractivity contribution in [2.75, 3.05) is 37.2 Å². The van der Waals surface area contributed by atoms with E-state index in [1.807, 2.05) is 24.4 Å². The van der Waals surface area contributed by atoms with Gasteiger partial charge in [-0.05, 0) is 73.8 Å². The van der Waals surface area contributed by atoms with Gasteiger partial charge in [-0.15, -0.1) is 0 Å². The molecule has 37 heavy (non-hydrogen) atoms. The first-order chi connectivity index (χ1) is 17.9. The predicted molar refractivity (Wildman–Crippen MR) is 144 cm³/mol. The van der Waals surface area contributed by atoms with Crippen LogP contribution in [-0.4, -0.2) is 68.8 Å². The largest absolute Gasteiger partial charge is 0.398 e. The van der Waals surface area contributed by atoms with Crippen LogP contribution in [0.1, 0.15) is 36.1 Å². The average Bonchev–Trinajstić information content (AvgIpc) is 2.88. The molecule has 5 rings (SSSR count). The number of aromatic nitrogens is 2. The molecule has 9 nitrogen and oxygen atoms in total. The van der Waals surface area contributed by atoms with Gasteiger partial charge in [0.2, 0.25) is 0 Å². The van der Waals surface area contributed by atoms with E-state index in [0.717, 1.165) is 74.5 Å². The van der Waals surface area contributed by atoms with Crippen LogP contribution in [0.15, 0.2) is 55.0 Å². The molecule has 192 valence electrons. The van der Waals surface area contributed by atoms with Crippen molar-refractivity contribution in [3.05, 3.63) is 71.8 Å². The van der Waals surface area contributed by atoms with Gasteiger partial charge in [-0.25, -0.2) is 0 Å². The molecule has 1 amide bonds. The maximum Gasteiger partial charge on any atom is 0.274 e. The highest BCUT2D eigenvalue weighted by Gasteiger charge is 2.19. The minimum absolute atomic E-state index is 0.202. The lowest BCUT2D eigenvalue weighted by atomic mass is 9.99. The summed E-state index contributed by atoms with van der Waals surface area (Å²) >= 11 is 0. The van der Waals surface area contributed by atoms with Crippen molar-refractivity contribution in [3.63, 3.8) is 0 Å². The van der Waals surface area contributed by atoms with Gasteiger partial charge in [-0.2, -0.15) is 0 Å². The lowest BCUT2D eigenvalue weighted by Gasteiger charge is -2.30. The average molecular weight is 500 g/mol. The summed E-state index contributed by atoms with van der Waals surface area (Å²) in [5, 5.41) is 21.0. The molecular formula is C28H33N7O2. The van der Waals surface area contributed by atoms with Crippen LogP contribution < -0.4 is 11.1 Å². The number of carbonyl (C=O) groups is 1. The fraction of sp³-hybridized carbons (Fsp3) is 0.357. The summed E-state index contributed by atoms with van der Waals surface area (Å²) in [5.74, 6) is -0.541. The highest BCUT2D eigenvalue weighted by Crippen LogP contribution is 2.26. The molecule has 2 saturated heterocycles. The molecule has 2 aromatic heterocycles. The maximum absolute atomic E-state index is 12.9. The number of anilines is 2. The number of carbonyl (C=O) groups excluding carboxylic acids is 1. The van der Waals surface area contributed by atoms with E-state index in [-0.39, 0.29) is 11.8 Å². The van der Waals surface area contributed by atoms with Crippen molar-refractivity contribution in [1.82, 2.24) is 19.8 Å². The Bertz CT molecular complexity index is 1270. The molecule has 2 fully saturated rings. The number of nitrogens with two attached hydrogens (primary N) is 1. The van der Waals surface area contributed by atoms with Crippen molar-refractivity contribution in [1.29, 1.82) is 5.41 Å². The number of likely N-dealkylation sites (tertiary alicyclic amines) is 2. The SMILES string of the molecule is N=C(C(=O)Nc1ccc(CN2CCC2)nc1)c1cc(-c2cncc(CN3CCC(O)CC3)c2)ccc1N. The van der Waals surface area contributed by atoms with Gasteiger partial charge in [0.1, 0.15) is 5.71 Å². The summed E-state index contributed by atoms with van der Waals surface area (Å²) in [5.41, 5.74) is 11.0. The van der Waals surface area contributed by atoms with E-state index < -0.39 is 5.91 Å². The number of benzene rings is 1. The molecule has 0 aliphatic carbocycles. The molecule has 0 saturated carbocycles. The predicted octanol–water partition coefficient (Wildman–Crippen LogP) is 2.89. The van der Waals surface area contributed by atoms with Gasteiger partial charge in [0.25, 0.3) is 5.91 Å². The molecule has 0 unspecified atom stereocenters. The van der Waals surface area contributed by atoms with Crippen molar-refractivity contribution in [3.8, 4) is 11.1 Å². The quantitative estimate of drug-likeness (QED) is 0.277. The minimum Gasteiger partial charge on any atom is -0.398 e. The number of aliphatic hydroxyl groups excluding tert-OH is 1. The van der Waals surface area contributed by atoms with E-state index in [0.29, 0.717) is 16.9 Å². The summed E-state index contributed by atoms with van der Waals surface area (Å²) in [4.78, 5) is 26.3. The first-order valence-electron chi connectivity index (χ1n) is 12.8. The molecule has 0 spiro atoms. The number of piperidine rings is 1. The fourth-order valence-electron chi connectivity index (χ4n) is 4.70. The van der Waals surface area contributed by atoms with E-state index in [9.17, 15) is 9.90 Å². The van der Waals surface area contributed by atoms with Crippen LogP contribution in [-0.2, 0) is 17.9 Å². The number of hydrogen-bond donors (Lipinski definition) is 4. The van der Waals surface area contributed by atoms with Gasteiger partial charge in [0.05, 0.1) is 23.7 Å². The number of aliphatic hydroxyl groups is 1. The molecule has 0 radical (unpaired) electrons. The molecule has 0 atom stereocenters. The highest BCUT2D eigenvalue weighted by atomic mass is 16.3. The van der Waals surface area contributed by atoms with Crippen molar-refractivity contribution >= 4 is 23.0 Å². The van der Waals surface area contributed by atoms with Gasteiger partial charge >= 0.3 is 0 Å². The Labute approximate surface area is 216 Å². The van der Waals surface area contributed by atoms with Crippen LogP contribution in [0.4, 0.5) is 11.4 Å². The molecule has 1 aromatic carbocycles. The van der Waals surface area contributed by atoms with Crippen LogP contribution in [0.25, 0.3) is 11.1 Å². The summed E-state index contributed by atoms with van der Waals surface area (Å²) in [7, 11) is 0. The Morgan fingerprint density at radius 1 is 1.00 bits per heavy atom. The fourth-order valence-corrected chi connectivity index (χ4v) is 4.70. The topological polar surface area (TPSA) is 131 Å². The first kappa shape index (κ1) is 25.0. The van der Waals surface area contributed by atoms with Crippen molar-refractivity contribution in [2.45, 2.75) is 38.5 Å². The van der Waals surface area contributed by atoms with E-state index in [4.69, 9.17) is 11.1 Å². The Morgan fingerprint density at radius 2 is 1.78 bits per heavy atom. The number of amides is 1. The summed E-state index contributed by atoms with van der Waals surface area (Å²) < 4.78 is 0. The van der Waals surface area contributed by atoms with Gasteiger partial charge in [0, 0.05) is 55.4 Å². The third-order valence-electron chi connectivity index (χ3n) is 7.06. The molecular weight excluding hydrogens is 466 g/mol. The van der Waals surface area contributed by atoms with Gasteiger partial charge in [-0.1, -0.05) is 6.07 Å². The van der Waals surface area contributed by atoms with Gasteiger partial charge < -0.3 is 16.2 Å². The lowest BCUT2D eigenvalue weighted by molar-refractivity contribution is -0.110. The number of rotatable bonds is 8. The first-order valence-corrected chi connectivity index (χ1v) is 12.8. The van der Waals surface area contributed by atoms with Crippen LogP contribution in [0, 0.1) is 5.41 Å². The van der Waals surface area contributed by atoms with Crippen molar-refractivity contribution < 1.29 is 9.90 Å². The Balaban J connectivity index is 1.26. The van der Waals surface area contributed by atoms with E-state index in [1.165, 1.54) is 6.42 Å². The summed E-state index contributed by atoms with van der Waals surface area (Å²) in [6, 6.07) is 11.2. The van der Waals surface area contributed by atoms with Crippen LogP contribution >= 0.6 is 0 Å². The second kappa shape index (κ2) is 11.2. The molecule has 5 N–H and O–H groups in total. The van der Waals surface area contributed by atoms with Crippen LogP contribution in [0.2, 0.25) is 0 Å². The second-order valence-electron chi connectivity index (χ2n) is 9.89. The number of pyridine rings is 2. The summed E-state index contributed by atoms with van der Waals surface area (Å²) in [6.45, 7) is 5.49. The third-order valence-corrected chi connectivity index (χ3v) is 7.06. The molecule has 9 heteroatoms. The second-order valence-corrected chi connectivity index (χ2v) is 9.89. The zero-order valence-corrected chi connectivity index (χ0v) is 20.9. The van der Waals surface area contributed by atoms with Crippen LogP contribution in [0.5, 0.6) is 0 Å². The lowest BCUT2D eigenvalue weighted by Crippen LogP contribution is -2.36. The standard InChI is InChI=1S/C28H33N7O2/c29-26-5-2-20(21-12-19(14-31-15-21)17-35-10-6-24(36)7-11-35)13-25(26)27(30)28(37)33-22-3-4-23(32-16-22)18-34-8-1-9-34/h2-5,12-16,24,30,36H,1,6-11,17-18,29H2,(H,33,37). The maximum atomic E-state index is 12.9. The number of hydrogen-bond acceptors (Lipinski definition) is 8. The monoisotopic (exact) mass is 499 g/mol. The van der Waals surface area contributed by atoms with E-state index in [2.05, 4.69) is 31.2 Å². The molecule has 3 aromatic rings. The Kier molecular flexibility index (Phi) is 7.55. The Hall–Kier alpha value is -3.66. The van der Waals surface area contributed by atoms with E-state index >= 15 is 0 Å². The number of nitrogen functional groups attached to an aromatic ring is 1.